The lowest BCUT2D eigenvalue weighted by Crippen LogP contribution is -2.13. The number of alkyl halides is 1. The molecule has 0 aliphatic rings. The van der Waals surface area contributed by atoms with E-state index < -0.39 is 5.97 Å². The molecule has 0 unspecified atom stereocenters. The highest BCUT2D eigenvalue weighted by molar-refractivity contribution is 9.09. The van der Waals surface area contributed by atoms with Crippen molar-refractivity contribution in [1.29, 1.82) is 0 Å². The van der Waals surface area contributed by atoms with Crippen LogP contribution in [0.4, 0.5) is 5.69 Å². The molecule has 1 amide bonds. The topological polar surface area (TPSA) is 55.4 Å². The molecule has 0 atom stereocenters. The Kier molecular flexibility index (Phi) is 5.15. The summed E-state index contributed by atoms with van der Waals surface area (Å²) in [5.41, 5.74) is 1.96. The van der Waals surface area contributed by atoms with Gasteiger partial charge in [0.25, 0.3) is 0 Å². The zero-order chi connectivity index (χ0) is 12.8. The Bertz CT molecular complexity index is 432. The average Bonchev–Trinajstić information content (AvgIpc) is 2.31. The zero-order valence-electron chi connectivity index (χ0n) is 9.75. The van der Waals surface area contributed by atoms with Crippen LogP contribution in [-0.2, 0) is 9.53 Å². The Morgan fingerprint density at radius 3 is 2.71 bits per heavy atom. The number of methoxy groups -OCH3 is 1. The van der Waals surface area contributed by atoms with Crippen molar-refractivity contribution in [3.63, 3.8) is 0 Å². The SMILES string of the molecule is COC(=O)c1ccc(C)c(NC(=O)CCBr)c1. The molecule has 0 aromatic heterocycles. The van der Waals surface area contributed by atoms with Crippen LogP contribution in [0.25, 0.3) is 0 Å². The summed E-state index contributed by atoms with van der Waals surface area (Å²) >= 11 is 3.20. The maximum atomic E-state index is 11.5. The summed E-state index contributed by atoms with van der Waals surface area (Å²) < 4.78 is 4.62. The van der Waals surface area contributed by atoms with Gasteiger partial charge in [0.15, 0.2) is 0 Å². The molecule has 0 bridgehead atoms. The van der Waals surface area contributed by atoms with Gasteiger partial charge in [-0.2, -0.15) is 0 Å². The van der Waals surface area contributed by atoms with E-state index in [4.69, 9.17) is 0 Å². The predicted octanol–water partition coefficient (Wildman–Crippen LogP) is 2.51. The number of benzene rings is 1. The van der Waals surface area contributed by atoms with Gasteiger partial charge in [-0.3, -0.25) is 4.79 Å². The minimum Gasteiger partial charge on any atom is -0.465 e. The third kappa shape index (κ3) is 3.85. The monoisotopic (exact) mass is 299 g/mol. The minimum absolute atomic E-state index is 0.0907. The minimum atomic E-state index is -0.416. The van der Waals surface area contributed by atoms with Gasteiger partial charge in [-0.05, 0) is 24.6 Å². The highest BCUT2D eigenvalue weighted by Gasteiger charge is 2.09. The van der Waals surface area contributed by atoms with E-state index in [0.29, 0.717) is 23.0 Å². The van der Waals surface area contributed by atoms with Crippen LogP contribution in [0.15, 0.2) is 18.2 Å². The number of carbonyl (C=O) groups is 2. The van der Waals surface area contributed by atoms with Crippen LogP contribution in [0, 0.1) is 6.92 Å². The molecule has 17 heavy (non-hydrogen) atoms. The van der Waals surface area contributed by atoms with Gasteiger partial charge in [0, 0.05) is 17.4 Å². The maximum absolute atomic E-state index is 11.5. The van der Waals surface area contributed by atoms with E-state index in [1.165, 1.54) is 7.11 Å². The second kappa shape index (κ2) is 6.39. The third-order valence-corrected chi connectivity index (χ3v) is 2.65. The number of anilines is 1. The van der Waals surface area contributed by atoms with Gasteiger partial charge in [0.1, 0.15) is 0 Å². The number of esters is 1. The van der Waals surface area contributed by atoms with Crippen molar-refractivity contribution in [2.75, 3.05) is 17.8 Å². The van der Waals surface area contributed by atoms with Gasteiger partial charge < -0.3 is 10.1 Å². The molecule has 0 fully saturated rings. The summed E-state index contributed by atoms with van der Waals surface area (Å²) in [7, 11) is 1.32. The van der Waals surface area contributed by atoms with Crippen LogP contribution >= 0.6 is 15.9 Å². The molecule has 0 radical (unpaired) electrons. The lowest BCUT2D eigenvalue weighted by atomic mass is 10.1. The molecule has 1 aromatic carbocycles. The molecule has 1 N–H and O–H groups in total. The Morgan fingerprint density at radius 2 is 2.12 bits per heavy atom. The number of hydrogen-bond donors (Lipinski definition) is 1. The van der Waals surface area contributed by atoms with Crippen molar-refractivity contribution >= 4 is 33.5 Å². The lowest BCUT2D eigenvalue weighted by molar-refractivity contribution is -0.115. The first-order chi connectivity index (χ1) is 8.08. The number of rotatable bonds is 4. The molecule has 0 heterocycles. The number of halogens is 1. The second-order valence-corrected chi connectivity index (χ2v) is 4.30. The highest BCUT2D eigenvalue weighted by Crippen LogP contribution is 2.17. The van der Waals surface area contributed by atoms with Crippen LogP contribution in [0.1, 0.15) is 22.3 Å². The fraction of sp³-hybridized carbons (Fsp3) is 0.333. The Morgan fingerprint density at radius 1 is 1.41 bits per heavy atom. The normalized spacial score (nSPS) is 9.82. The number of aryl methyl sites for hydroxylation is 1. The van der Waals surface area contributed by atoms with E-state index in [9.17, 15) is 9.59 Å². The van der Waals surface area contributed by atoms with Crippen molar-refractivity contribution in [1.82, 2.24) is 0 Å². The summed E-state index contributed by atoms with van der Waals surface area (Å²) in [6.45, 7) is 1.87. The van der Waals surface area contributed by atoms with Gasteiger partial charge >= 0.3 is 5.97 Å². The molecule has 4 nitrogen and oxygen atoms in total. The van der Waals surface area contributed by atoms with E-state index in [1.807, 2.05) is 6.92 Å². The number of hydrogen-bond acceptors (Lipinski definition) is 3. The van der Waals surface area contributed by atoms with Crippen LogP contribution in [0.3, 0.4) is 0 Å². The van der Waals surface area contributed by atoms with Gasteiger partial charge in [-0.15, -0.1) is 0 Å². The van der Waals surface area contributed by atoms with Gasteiger partial charge in [-0.25, -0.2) is 4.79 Å². The van der Waals surface area contributed by atoms with E-state index in [-0.39, 0.29) is 5.91 Å². The molecule has 0 aliphatic carbocycles. The third-order valence-electron chi connectivity index (χ3n) is 2.25. The first-order valence-corrected chi connectivity index (χ1v) is 6.25. The highest BCUT2D eigenvalue weighted by atomic mass is 79.9. The van der Waals surface area contributed by atoms with Crippen molar-refractivity contribution in [2.24, 2.45) is 0 Å². The Balaban J connectivity index is 2.90. The van der Waals surface area contributed by atoms with Crippen molar-refractivity contribution < 1.29 is 14.3 Å². The fourth-order valence-electron chi connectivity index (χ4n) is 1.30. The van der Waals surface area contributed by atoms with Crippen molar-refractivity contribution in [3.8, 4) is 0 Å². The average molecular weight is 300 g/mol. The Hall–Kier alpha value is -1.36. The van der Waals surface area contributed by atoms with E-state index in [0.717, 1.165) is 5.56 Å². The maximum Gasteiger partial charge on any atom is 0.337 e. The molecule has 1 rings (SSSR count). The largest absolute Gasteiger partial charge is 0.465 e. The first kappa shape index (κ1) is 13.7. The van der Waals surface area contributed by atoms with Crippen LogP contribution in [0.2, 0.25) is 0 Å². The molecule has 0 spiro atoms. The molecule has 92 valence electrons. The van der Waals surface area contributed by atoms with E-state index in [1.54, 1.807) is 18.2 Å². The van der Waals surface area contributed by atoms with Gasteiger partial charge in [-0.1, -0.05) is 22.0 Å². The van der Waals surface area contributed by atoms with Crippen LogP contribution in [0.5, 0.6) is 0 Å². The number of carbonyl (C=O) groups excluding carboxylic acids is 2. The zero-order valence-corrected chi connectivity index (χ0v) is 11.3. The number of nitrogens with one attached hydrogen (secondary N) is 1. The molecular formula is C12H14BrNO3. The molecular weight excluding hydrogens is 286 g/mol. The van der Waals surface area contributed by atoms with Crippen molar-refractivity contribution in [3.05, 3.63) is 29.3 Å². The standard InChI is InChI=1S/C12H14BrNO3/c1-8-3-4-9(12(16)17-2)7-10(8)14-11(15)5-6-13/h3-4,7H,5-6H2,1-2H3,(H,14,15). The summed E-state index contributed by atoms with van der Waals surface area (Å²) in [6, 6.07) is 5.06. The quantitative estimate of drug-likeness (QED) is 0.686. The first-order valence-electron chi connectivity index (χ1n) is 5.13. The summed E-state index contributed by atoms with van der Waals surface area (Å²) in [5.74, 6) is -0.506. The van der Waals surface area contributed by atoms with Crippen LogP contribution < -0.4 is 5.32 Å². The second-order valence-electron chi connectivity index (χ2n) is 3.51. The van der Waals surface area contributed by atoms with E-state index >= 15 is 0 Å². The summed E-state index contributed by atoms with van der Waals surface area (Å²) in [5, 5.41) is 3.36. The number of amides is 1. The molecule has 0 saturated carbocycles. The number of ether oxygens (including phenoxy) is 1. The van der Waals surface area contributed by atoms with Crippen molar-refractivity contribution in [2.45, 2.75) is 13.3 Å². The predicted molar refractivity (Wildman–Crippen MR) is 69.6 cm³/mol. The Labute approximate surface area is 108 Å². The summed E-state index contributed by atoms with van der Waals surface area (Å²) in [6.07, 6.45) is 0.391. The molecule has 5 heteroatoms. The van der Waals surface area contributed by atoms with Gasteiger partial charge in [0.05, 0.1) is 12.7 Å². The van der Waals surface area contributed by atoms with Crippen LogP contribution in [-0.4, -0.2) is 24.3 Å². The molecule has 1 aromatic rings. The smallest absolute Gasteiger partial charge is 0.337 e. The fourth-order valence-corrected chi connectivity index (χ4v) is 1.66. The summed E-state index contributed by atoms with van der Waals surface area (Å²) in [4.78, 5) is 22.8. The molecule has 0 aliphatic heterocycles. The molecule has 0 saturated heterocycles. The lowest BCUT2D eigenvalue weighted by Gasteiger charge is -2.09. The van der Waals surface area contributed by atoms with E-state index in [2.05, 4.69) is 26.0 Å². The van der Waals surface area contributed by atoms with Gasteiger partial charge in [0.2, 0.25) is 5.91 Å².